The summed E-state index contributed by atoms with van der Waals surface area (Å²) in [6, 6.07) is 8.08. The minimum Gasteiger partial charge on any atom is -0.113 e. The van der Waals surface area contributed by atoms with Crippen molar-refractivity contribution < 1.29 is 0 Å². The monoisotopic (exact) mass is 242 g/mol. The normalized spacial score (nSPS) is 10.8. The molecule has 0 nitrogen and oxygen atoms in total. The highest BCUT2D eigenvalue weighted by molar-refractivity contribution is 6.32. The van der Waals surface area contributed by atoms with Crippen LogP contribution >= 0.6 is 0 Å². The molecule has 1 aromatic carbocycles. The van der Waals surface area contributed by atoms with E-state index in [2.05, 4.69) is 38.1 Å². The Morgan fingerprint density at radius 2 is 1.84 bits per heavy atom. The zero-order valence-corrected chi connectivity index (χ0v) is 11.7. The number of benzene rings is 1. The molecule has 0 aliphatic carbocycles. The lowest BCUT2D eigenvalue weighted by Gasteiger charge is -1.90. The van der Waals surface area contributed by atoms with Crippen molar-refractivity contribution in [2.24, 2.45) is 0 Å². The molecule has 0 spiro atoms. The predicted molar refractivity (Wildman–Crippen MR) is 89.9 cm³/mol. The Hall–Kier alpha value is -2.31. The van der Waals surface area contributed by atoms with Crippen LogP contribution in [-0.4, -0.2) is 15.7 Å². The molecule has 0 heterocycles. The fourth-order valence-corrected chi connectivity index (χ4v) is 1.26. The van der Waals surface area contributed by atoms with E-state index in [1.807, 2.05) is 51.2 Å². The van der Waals surface area contributed by atoms with Crippen LogP contribution in [0.25, 0.3) is 0 Å². The maximum atomic E-state index is 3.74. The van der Waals surface area contributed by atoms with Gasteiger partial charge >= 0.3 is 0 Å². The summed E-state index contributed by atoms with van der Waals surface area (Å²) < 4.78 is 0. The second-order valence-corrected chi connectivity index (χ2v) is 4.44. The van der Waals surface area contributed by atoms with Crippen LogP contribution in [0.4, 0.5) is 0 Å². The Kier molecular flexibility index (Phi) is 6.14. The smallest absolute Gasteiger partial charge is 0.113 e. The van der Waals surface area contributed by atoms with Crippen molar-refractivity contribution in [1.29, 1.82) is 0 Å². The van der Waals surface area contributed by atoms with Gasteiger partial charge in [-0.25, -0.2) is 0 Å². The summed E-state index contributed by atoms with van der Waals surface area (Å²) >= 11 is 0. The molecule has 0 amide bonds. The van der Waals surface area contributed by atoms with Gasteiger partial charge < -0.3 is 0 Å². The fourth-order valence-electron chi connectivity index (χ4n) is 1.26. The Morgan fingerprint density at radius 1 is 1.16 bits per heavy atom. The quantitative estimate of drug-likeness (QED) is 0.411. The highest BCUT2D eigenvalue weighted by Crippen LogP contribution is 1.96. The van der Waals surface area contributed by atoms with E-state index in [9.17, 15) is 0 Å². The Labute approximate surface area is 118 Å². The zero-order chi connectivity index (χ0) is 14.1. The lowest BCUT2D eigenvalue weighted by atomic mass is 9.95. The minimum atomic E-state index is 0.874. The van der Waals surface area contributed by atoms with Crippen molar-refractivity contribution in [3.05, 3.63) is 65.7 Å². The van der Waals surface area contributed by atoms with E-state index in [-0.39, 0.29) is 0 Å². The third-order valence-electron chi connectivity index (χ3n) is 2.34. The topological polar surface area (TPSA) is 0 Å². The maximum absolute atomic E-state index is 3.74. The highest BCUT2D eigenvalue weighted by Gasteiger charge is 1.85. The first-order valence-electron chi connectivity index (χ1n) is 6.18. The molecule has 0 bridgehead atoms. The van der Waals surface area contributed by atoms with Gasteiger partial charge in [0, 0.05) is 11.1 Å². The number of allylic oxidation sites excluding steroid dienone is 5. The van der Waals surface area contributed by atoms with Gasteiger partial charge in [0.2, 0.25) is 0 Å². The second kappa shape index (κ2) is 7.91. The zero-order valence-electron chi connectivity index (χ0n) is 11.7. The third kappa shape index (κ3) is 6.25. The molecule has 1 aromatic rings. The lowest BCUT2D eigenvalue weighted by molar-refractivity contribution is 1.64. The van der Waals surface area contributed by atoms with Crippen LogP contribution in [0.5, 0.6) is 0 Å². The van der Waals surface area contributed by atoms with Crippen molar-refractivity contribution in [2.45, 2.75) is 6.92 Å². The van der Waals surface area contributed by atoms with Gasteiger partial charge in [0.15, 0.2) is 0 Å². The van der Waals surface area contributed by atoms with Crippen LogP contribution in [-0.2, 0) is 0 Å². The van der Waals surface area contributed by atoms with Crippen molar-refractivity contribution in [3.63, 3.8) is 0 Å². The largest absolute Gasteiger partial charge is 0.139 e. The minimum absolute atomic E-state index is 0.874. The molecule has 0 aliphatic heterocycles. The van der Waals surface area contributed by atoms with Crippen LogP contribution in [0, 0.1) is 23.7 Å². The van der Waals surface area contributed by atoms with Crippen LogP contribution in [0.2, 0.25) is 0 Å². The molecular weight excluding hydrogens is 226 g/mol. The van der Waals surface area contributed by atoms with Crippen LogP contribution in [0.15, 0.2) is 60.1 Å². The summed E-state index contributed by atoms with van der Waals surface area (Å²) in [5.74, 6) is 11.7. The van der Waals surface area contributed by atoms with Crippen molar-refractivity contribution >= 4 is 21.2 Å². The molecule has 0 aliphatic rings. The van der Waals surface area contributed by atoms with Crippen LogP contribution in [0.3, 0.4) is 0 Å². The van der Waals surface area contributed by atoms with Crippen molar-refractivity contribution in [2.75, 3.05) is 0 Å². The molecule has 0 saturated carbocycles. The van der Waals surface area contributed by atoms with Crippen LogP contribution < -0.4 is 5.46 Å². The first-order valence-corrected chi connectivity index (χ1v) is 6.18. The van der Waals surface area contributed by atoms with E-state index in [0.29, 0.717) is 0 Å². The summed E-state index contributed by atoms with van der Waals surface area (Å²) in [5.41, 5.74) is 4.31. The second-order valence-electron chi connectivity index (χ2n) is 4.44. The Bertz CT molecular complexity index is 620. The van der Waals surface area contributed by atoms with E-state index >= 15 is 0 Å². The summed E-state index contributed by atoms with van der Waals surface area (Å²) in [7, 11) is 4.10. The molecule has 90 valence electrons. The highest BCUT2D eigenvalue weighted by atomic mass is 13.9. The molecule has 1 rings (SSSR count). The molecule has 0 unspecified atom stereocenters. The first-order chi connectivity index (χ1) is 9.11. The van der Waals surface area contributed by atoms with Crippen LogP contribution in [0.1, 0.15) is 12.5 Å². The van der Waals surface area contributed by atoms with E-state index in [1.54, 1.807) is 6.08 Å². The molecule has 0 aromatic heterocycles. The lowest BCUT2D eigenvalue weighted by Crippen LogP contribution is -1.99. The van der Waals surface area contributed by atoms with Gasteiger partial charge in [0.05, 0.1) is 0 Å². The maximum Gasteiger partial charge on any atom is 0.139 e. The molecule has 0 radical (unpaired) electrons. The van der Waals surface area contributed by atoms with Gasteiger partial charge in [-0.05, 0) is 30.0 Å². The Morgan fingerprint density at radius 3 is 2.42 bits per heavy atom. The fraction of sp³-hybridized carbons (Fsp3) is 0.0588. The summed E-state index contributed by atoms with van der Waals surface area (Å²) in [5, 5.41) is 0. The molecule has 0 atom stereocenters. The van der Waals surface area contributed by atoms with Gasteiger partial charge in [0.1, 0.15) is 15.7 Å². The molecule has 2 heteroatoms. The van der Waals surface area contributed by atoms with E-state index in [4.69, 9.17) is 0 Å². The predicted octanol–water partition coefficient (Wildman–Crippen LogP) is 0.949. The molecule has 0 saturated heterocycles. The van der Waals surface area contributed by atoms with E-state index in [1.165, 1.54) is 10.9 Å². The Balaban J connectivity index is 2.79. The van der Waals surface area contributed by atoms with Crippen molar-refractivity contribution in [1.82, 2.24) is 0 Å². The molecule has 19 heavy (non-hydrogen) atoms. The van der Waals surface area contributed by atoms with Gasteiger partial charge in [-0.2, -0.15) is 0 Å². The SMILES string of the molecule is B/C(C)=C/C=C(/C#CC#Cc1ccc(B)cc1)C=C. The average Bonchev–Trinajstić information content (AvgIpc) is 2.40. The molecule has 0 fully saturated rings. The molecular formula is C17H16B2. The first kappa shape index (κ1) is 14.7. The van der Waals surface area contributed by atoms with Gasteiger partial charge in [-0.15, -0.1) is 5.47 Å². The summed E-state index contributed by atoms with van der Waals surface area (Å²) in [4.78, 5) is 0. The number of rotatable bonds is 2. The summed E-state index contributed by atoms with van der Waals surface area (Å²) in [6.45, 7) is 5.78. The number of hydrogen-bond donors (Lipinski definition) is 0. The van der Waals surface area contributed by atoms with E-state index in [0.717, 1.165) is 11.1 Å². The van der Waals surface area contributed by atoms with Gasteiger partial charge in [-0.1, -0.05) is 55.1 Å². The van der Waals surface area contributed by atoms with Crippen molar-refractivity contribution in [3.8, 4) is 23.7 Å². The van der Waals surface area contributed by atoms with E-state index < -0.39 is 0 Å². The number of hydrogen-bond acceptors (Lipinski definition) is 0. The average molecular weight is 242 g/mol. The standard InChI is InChI=1S/C17H16B2/c1-3-15(9-8-14(2)18)6-4-5-7-16-10-12-17(19)13-11-16/h3,8-13H,1,18-19H2,2H3/b14-8+,15-9+. The van der Waals surface area contributed by atoms with Gasteiger partial charge in [-0.3, -0.25) is 0 Å². The third-order valence-corrected chi connectivity index (χ3v) is 2.34. The van der Waals surface area contributed by atoms with Gasteiger partial charge in [0.25, 0.3) is 0 Å². The summed E-state index contributed by atoms with van der Waals surface area (Å²) in [6.07, 6.45) is 5.70. The molecule has 0 N–H and O–H groups in total.